The minimum Gasteiger partial charge on any atom is -0.492 e. The molecule has 0 radical (unpaired) electrons. The Hall–Kier alpha value is -2.12. The molecule has 170 valence electrons. The number of amides is 2. The summed E-state index contributed by atoms with van der Waals surface area (Å²) in [5.41, 5.74) is 1.22. The Morgan fingerprint density at radius 2 is 2.00 bits per heavy atom. The fourth-order valence-corrected chi connectivity index (χ4v) is 4.70. The van der Waals surface area contributed by atoms with E-state index in [0.29, 0.717) is 24.9 Å². The minimum atomic E-state index is 0.167. The maximum absolute atomic E-state index is 12.4. The molecule has 31 heavy (non-hydrogen) atoms. The van der Waals surface area contributed by atoms with Gasteiger partial charge in [-0.25, -0.2) is 0 Å². The SMILES string of the molecule is CN(Cc1cccc(OCCN2CCN(C(=O)C3CCC3)CC2)c1)CC1CCC(=O)N1. The van der Waals surface area contributed by atoms with Gasteiger partial charge in [-0.2, -0.15) is 0 Å². The molecule has 2 heterocycles. The van der Waals surface area contributed by atoms with Crippen LogP contribution in [0.2, 0.25) is 0 Å². The summed E-state index contributed by atoms with van der Waals surface area (Å²) in [5.74, 6) is 1.75. The lowest BCUT2D eigenvalue weighted by Crippen LogP contribution is -2.51. The molecule has 2 amide bonds. The van der Waals surface area contributed by atoms with Gasteiger partial charge in [0.2, 0.25) is 11.8 Å². The Balaban J connectivity index is 1.15. The number of nitrogens with zero attached hydrogens (tertiary/aromatic N) is 3. The first-order valence-electron chi connectivity index (χ1n) is 11.8. The van der Waals surface area contributed by atoms with Crippen molar-refractivity contribution in [2.24, 2.45) is 5.92 Å². The van der Waals surface area contributed by atoms with Gasteiger partial charge >= 0.3 is 0 Å². The highest BCUT2D eigenvalue weighted by molar-refractivity contribution is 5.79. The lowest BCUT2D eigenvalue weighted by molar-refractivity contribution is -0.140. The lowest BCUT2D eigenvalue weighted by atomic mass is 9.84. The molecular weight excluding hydrogens is 392 g/mol. The molecule has 3 fully saturated rings. The summed E-state index contributed by atoms with van der Waals surface area (Å²) in [6, 6.07) is 8.55. The number of piperazine rings is 1. The van der Waals surface area contributed by atoms with Crippen LogP contribution in [0.5, 0.6) is 5.75 Å². The highest BCUT2D eigenvalue weighted by Gasteiger charge is 2.31. The zero-order valence-corrected chi connectivity index (χ0v) is 18.7. The summed E-state index contributed by atoms with van der Waals surface area (Å²) in [6.45, 7) is 6.81. The van der Waals surface area contributed by atoms with Crippen LogP contribution >= 0.6 is 0 Å². The number of benzene rings is 1. The second-order valence-electron chi connectivity index (χ2n) is 9.29. The topological polar surface area (TPSA) is 65.1 Å². The predicted octanol–water partition coefficient (Wildman–Crippen LogP) is 1.72. The van der Waals surface area contributed by atoms with Gasteiger partial charge in [-0.05, 0) is 44.0 Å². The van der Waals surface area contributed by atoms with E-state index in [4.69, 9.17) is 4.74 Å². The van der Waals surface area contributed by atoms with Gasteiger partial charge in [-0.15, -0.1) is 0 Å². The summed E-state index contributed by atoms with van der Waals surface area (Å²) in [6.07, 6.45) is 4.95. The molecule has 1 aromatic carbocycles. The molecule has 4 rings (SSSR count). The molecule has 0 spiro atoms. The van der Waals surface area contributed by atoms with E-state index in [0.717, 1.165) is 70.8 Å². The van der Waals surface area contributed by atoms with Gasteiger partial charge in [0.1, 0.15) is 12.4 Å². The Morgan fingerprint density at radius 1 is 1.19 bits per heavy atom. The number of carbonyl (C=O) groups is 2. The molecule has 7 heteroatoms. The van der Waals surface area contributed by atoms with E-state index >= 15 is 0 Å². The number of ether oxygens (including phenoxy) is 1. The maximum Gasteiger partial charge on any atom is 0.225 e. The standard InChI is InChI=1S/C24H36N4O3/c1-26(18-21-8-9-23(29)25-21)17-19-4-2-7-22(16-19)31-15-14-27-10-12-28(13-11-27)24(30)20-5-3-6-20/h2,4,7,16,20-21H,3,5-6,8-15,17-18H2,1H3,(H,25,29). The number of nitrogens with one attached hydrogen (secondary N) is 1. The van der Waals surface area contributed by atoms with Gasteiger partial charge in [0.25, 0.3) is 0 Å². The van der Waals surface area contributed by atoms with Crippen molar-refractivity contribution in [3.05, 3.63) is 29.8 Å². The molecule has 1 unspecified atom stereocenters. The average molecular weight is 429 g/mol. The van der Waals surface area contributed by atoms with E-state index in [1.807, 2.05) is 12.1 Å². The van der Waals surface area contributed by atoms with E-state index in [-0.39, 0.29) is 11.9 Å². The summed E-state index contributed by atoms with van der Waals surface area (Å²) in [4.78, 5) is 30.4. The van der Waals surface area contributed by atoms with Gasteiger partial charge in [-0.3, -0.25) is 14.5 Å². The molecule has 0 aromatic heterocycles. The second kappa shape index (κ2) is 10.5. The van der Waals surface area contributed by atoms with Crippen LogP contribution in [0.15, 0.2) is 24.3 Å². The number of rotatable bonds is 9. The van der Waals surface area contributed by atoms with Crippen molar-refractivity contribution in [2.45, 2.75) is 44.7 Å². The van der Waals surface area contributed by atoms with Gasteiger partial charge in [0.15, 0.2) is 0 Å². The average Bonchev–Trinajstić information content (AvgIpc) is 3.12. The number of hydrogen-bond acceptors (Lipinski definition) is 5. The van der Waals surface area contributed by atoms with E-state index < -0.39 is 0 Å². The minimum absolute atomic E-state index is 0.167. The summed E-state index contributed by atoms with van der Waals surface area (Å²) < 4.78 is 6.02. The van der Waals surface area contributed by atoms with Gasteiger partial charge in [0, 0.05) is 64.2 Å². The predicted molar refractivity (Wildman–Crippen MR) is 120 cm³/mol. The molecule has 0 bridgehead atoms. The van der Waals surface area contributed by atoms with Crippen LogP contribution in [0.1, 0.15) is 37.7 Å². The van der Waals surface area contributed by atoms with Gasteiger partial charge < -0.3 is 19.9 Å². The Kier molecular flexibility index (Phi) is 7.45. The van der Waals surface area contributed by atoms with Crippen molar-refractivity contribution in [3.8, 4) is 5.75 Å². The molecule has 3 aliphatic rings. The monoisotopic (exact) mass is 428 g/mol. The van der Waals surface area contributed by atoms with E-state index in [1.54, 1.807) is 0 Å². The Labute approximate surface area is 185 Å². The zero-order chi connectivity index (χ0) is 21.6. The highest BCUT2D eigenvalue weighted by Crippen LogP contribution is 2.28. The van der Waals surface area contributed by atoms with Crippen molar-refractivity contribution in [2.75, 3.05) is 52.9 Å². The maximum atomic E-state index is 12.4. The first kappa shape index (κ1) is 22.1. The summed E-state index contributed by atoms with van der Waals surface area (Å²) >= 11 is 0. The van der Waals surface area contributed by atoms with Crippen LogP contribution in [-0.4, -0.2) is 85.5 Å². The van der Waals surface area contributed by atoms with Crippen LogP contribution in [0.3, 0.4) is 0 Å². The summed E-state index contributed by atoms with van der Waals surface area (Å²) in [7, 11) is 2.09. The number of likely N-dealkylation sites (N-methyl/N-ethyl adjacent to an activating group) is 1. The lowest BCUT2D eigenvalue weighted by Gasteiger charge is -2.38. The fourth-order valence-electron chi connectivity index (χ4n) is 4.70. The molecule has 1 N–H and O–H groups in total. The van der Waals surface area contributed by atoms with Crippen LogP contribution in [0.25, 0.3) is 0 Å². The molecule has 7 nitrogen and oxygen atoms in total. The Bertz CT molecular complexity index is 759. The van der Waals surface area contributed by atoms with Crippen molar-refractivity contribution in [1.82, 2.24) is 20.0 Å². The molecule has 2 aliphatic heterocycles. The van der Waals surface area contributed by atoms with Crippen molar-refractivity contribution in [3.63, 3.8) is 0 Å². The fraction of sp³-hybridized carbons (Fsp3) is 0.667. The molecule has 1 atom stereocenters. The smallest absolute Gasteiger partial charge is 0.225 e. The first-order valence-corrected chi connectivity index (χ1v) is 11.8. The molecule has 2 saturated heterocycles. The Morgan fingerprint density at radius 3 is 2.68 bits per heavy atom. The van der Waals surface area contributed by atoms with Gasteiger partial charge in [-0.1, -0.05) is 18.6 Å². The third-order valence-electron chi connectivity index (χ3n) is 6.78. The highest BCUT2D eigenvalue weighted by atomic mass is 16.5. The second-order valence-corrected chi connectivity index (χ2v) is 9.29. The summed E-state index contributed by atoms with van der Waals surface area (Å²) in [5, 5.41) is 3.03. The third kappa shape index (κ3) is 6.20. The van der Waals surface area contributed by atoms with Crippen LogP contribution < -0.4 is 10.1 Å². The first-order chi connectivity index (χ1) is 15.1. The van der Waals surface area contributed by atoms with E-state index in [2.05, 4.69) is 39.2 Å². The van der Waals surface area contributed by atoms with Crippen molar-refractivity contribution in [1.29, 1.82) is 0 Å². The largest absolute Gasteiger partial charge is 0.492 e. The quantitative estimate of drug-likeness (QED) is 0.649. The molecule has 1 saturated carbocycles. The van der Waals surface area contributed by atoms with Crippen LogP contribution in [0, 0.1) is 5.92 Å². The van der Waals surface area contributed by atoms with E-state index in [1.165, 1.54) is 12.0 Å². The van der Waals surface area contributed by atoms with E-state index in [9.17, 15) is 9.59 Å². The number of carbonyl (C=O) groups excluding carboxylic acids is 2. The normalized spacial score (nSPS) is 22.5. The molecule has 1 aliphatic carbocycles. The number of hydrogen-bond donors (Lipinski definition) is 1. The molecule has 1 aromatic rings. The van der Waals surface area contributed by atoms with Crippen LogP contribution in [-0.2, 0) is 16.1 Å². The molecular formula is C24H36N4O3. The third-order valence-corrected chi connectivity index (χ3v) is 6.78. The zero-order valence-electron chi connectivity index (χ0n) is 18.7. The van der Waals surface area contributed by atoms with Crippen LogP contribution in [0.4, 0.5) is 0 Å². The van der Waals surface area contributed by atoms with Gasteiger partial charge in [0.05, 0.1) is 0 Å². The van der Waals surface area contributed by atoms with Crippen molar-refractivity contribution < 1.29 is 14.3 Å². The van der Waals surface area contributed by atoms with Crippen molar-refractivity contribution >= 4 is 11.8 Å².